The van der Waals surface area contributed by atoms with E-state index < -0.39 is 0 Å². The van der Waals surface area contributed by atoms with Crippen molar-refractivity contribution < 1.29 is 28.6 Å². The van der Waals surface area contributed by atoms with Crippen LogP contribution in [0.1, 0.15) is 0 Å². The van der Waals surface area contributed by atoms with Crippen LogP contribution in [0.2, 0.25) is 0 Å². The molecule has 0 amide bonds. The molecule has 0 aromatic heterocycles. The van der Waals surface area contributed by atoms with Gasteiger partial charge in [-0.25, -0.2) is 0 Å². The second-order valence-corrected chi connectivity index (χ2v) is 5.05. The third-order valence-corrected chi connectivity index (χ3v) is 3.78. The number of hydrogen-bond acceptors (Lipinski definition) is 0. The van der Waals surface area contributed by atoms with Crippen LogP contribution in [0.4, 0.5) is 0 Å². The number of benzene rings is 2. The van der Waals surface area contributed by atoms with Crippen molar-refractivity contribution in [1.29, 1.82) is 0 Å². The summed E-state index contributed by atoms with van der Waals surface area (Å²) in [7, 11) is 0. The molecular weight excluding hydrogens is 230 g/mol. The number of halogens is 2. The molecule has 0 saturated heterocycles. The molecule has 0 bridgehead atoms. The first-order chi connectivity index (χ1) is 6.45. The van der Waals surface area contributed by atoms with Gasteiger partial charge in [0, 0.05) is 0 Å². The zero-order chi connectivity index (χ0) is 8.93. The van der Waals surface area contributed by atoms with E-state index in [2.05, 4.69) is 60.7 Å². The summed E-state index contributed by atoms with van der Waals surface area (Å²) in [4.78, 5) is 0. The van der Waals surface area contributed by atoms with E-state index in [0.29, 0.717) is 0 Å². The Balaban J connectivity index is 0.000000980. The van der Waals surface area contributed by atoms with Gasteiger partial charge in [0.15, 0.2) is 0 Å². The normalized spacial score (nSPS) is 8.00. The Bertz CT molecular complexity index is 324. The predicted octanol–water partition coefficient (Wildman–Crippen LogP) is -4.27. The molecule has 0 aliphatic carbocycles. The van der Waals surface area contributed by atoms with Crippen molar-refractivity contribution in [3.63, 3.8) is 0 Å². The Morgan fingerprint density at radius 3 is 1.20 bits per heavy atom. The fraction of sp³-hybridized carbons (Fsp3) is 0. The van der Waals surface area contributed by atoms with Gasteiger partial charge >= 0.3 is 87.6 Å². The van der Waals surface area contributed by atoms with Crippen LogP contribution in [0.3, 0.4) is 0 Å². The fourth-order valence-corrected chi connectivity index (χ4v) is 2.85. The molecular formula is C12H10F2Ti. The molecule has 0 fully saturated rings. The van der Waals surface area contributed by atoms with Crippen molar-refractivity contribution in [1.82, 2.24) is 0 Å². The quantitative estimate of drug-likeness (QED) is 0.466. The summed E-state index contributed by atoms with van der Waals surface area (Å²) < 4.78 is 2.99. The molecule has 0 heterocycles. The Kier molecular flexibility index (Phi) is 6.84. The van der Waals surface area contributed by atoms with Crippen LogP contribution in [-0.2, 0) is 19.2 Å². The van der Waals surface area contributed by atoms with Crippen LogP contribution in [0, 0.1) is 0 Å². The van der Waals surface area contributed by atoms with Gasteiger partial charge in [-0.3, -0.25) is 0 Å². The summed E-state index contributed by atoms with van der Waals surface area (Å²) in [6, 6.07) is 21.5. The molecule has 0 saturated carbocycles. The second kappa shape index (κ2) is 7.32. The van der Waals surface area contributed by atoms with Crippen molar-refractivity contribution in [2.75, 3.05) is 0 Å². The average molecular weight is 240 g/mol. The maximum absolute atomic E-state index is 2.22. The van der Waals surface area contributed by atoms with Crippen molar-refractivity contribution in [2.24, 2.45) is 0 Å². The van der Waals surface area contributed by atoms with Crippen LogP contribution in [0.25, 0.3) is 0 Å². The van der Waals surface area contributed by atoms with E-state index >= 15 is 0 Å². The van der Waals surface area contributed by atoms with Gasteiger partial charge in [-0.05, 0) is 0 Å². The van der Waals surface area contributed by atoms with Gasteiger partial charge in [-0.1, -0.05) is 0 Å². The summed E-state index contributed by atoms with van der Waals surface area (Å²) in [5.74, 6) is 0. The zero-order valence-corrected chi connectivity index (χ0v) is 9.59. The topological polar surface area (TPSA) is 0 Å². The van der Waals surface area contributed by atoms with E-state index in [1.54, 1.807) is 0 Å². The molecule has 0 nitrogen and oxygen atoms in total. The third-order valence-electron chi connectivity index (χ3n) is 1.84. The van der Waals surface area contributed by atoms with Crippen LogP contribution < -0.4 is 17.1 Å². The second-order valence-electron chi connectivity index (χ2n) is 2.86. The molecule has 0 aliphatic rings. The van der Waals surface area contributed by atoms with Gasteiger partial charge in [-0.15, -0.1) is 0 Å². The van der Waals surface area contributed by atoms with Gasteiger partial charge in [0.05, 0.1) is 0 Å². The molecule has 3 heteroatoms. The first-order valence-electron chi connectivity index (χ1n) is 4.32. The first kappa shape index (κ1) is 14.0. The van der Waals surface area contributed by atoms with Gasteiger partial charge in [0.1, 0.15) is 0 Å². The Hall–Kier alpha value is -0.986. The minimum absolute atomic E-state index is 0. The van der Waals surface area contributed by atoms with Crippen molar-refractivity contribution >= 4 is 7.74 Å². The summed E-state index contributed by atoms with van der Waals surface area (Å²) in [6.07, 6.45) is 0. The third kappa shape index (κ3) is 4.37. The fourth-order valence-electron chi connectivity index (χ4n) is 1.21. The molecule has 2 rings (SSSR count). The SMILES string of the molecule is [F-].[F-].c1cc[c]([Ti+2][c]2ccccc2)cc1. The summed E-state index contributed by atoms with van der Waals surface area (Å²) >= 11 is -0.108. The molecule has 76 valence electrons. The predicted molar refractivity (Wildman–Crippen MR) is 52.2 cm³/mol. The standard InChI is InChI=1S/2C6H5.2FH.Ti/c2*1-2-4-6-5-3-1;;;/h2*1-5H;2*1H;/q;;;;+2/p-2. The van der Waals surface area contributed by atoms with E-state index in [9.17, 15) is 0 Å². The Morgan fingerprint density at radius 2 is 0.867 bits per heavy atom. The molecule has 0 atom stereocenters. The van der Waals surface area contributed by atoms with Gasteiger partial charge in [0.25, 0.3) is 0 Å². The van der Waals surface area contributed by atoms with Crippen LogP contribution in [0.15, 0.2) is 60.7 Å². The molecule has 0 spiro atoms. The molecule has 0 N–H and O–H groups in total. The first-order valence-corrected chi connectivity index (χ1v) is 5.88. The molecule has 2 aromatic carbocycles. The minimum atomic E-state index is -0.108. The Labute approximate surface area is 97.0 Å². The van der Waals surface area contributed by atoms with Crippen molar-refractivity contribution in [3.8, 4) is 0 Å². The summed E-state index contributed by atoms with van der Waals surface area (Å²) in [6.45, 7) is 0. The average Bonchev–Trinajstić information content (AvgIpc) is 2.21. The van der Waals surface area contributed by atoms with Crippen molar-refractivity contribution in [2.45, 2.75) is 0 Å². The van der Waals surface area contributed by atoms with Crippen molar-refractivity contribution in [3.05, 3.63) is 60.7 Å². The molecule has 0 radical (unpaired) electrons. The van der Waals surface area contributed by atoms with E-state index in [4.69, 9.17) is 0 Å². The van der Waals surface area contributed by atoms with E-state index in [1.165, 1.54) is 7.74 Å². The Morgan fingerprint density at radius 1 is 0.533 bits per heavy atom. The van der Waals surface area contributed by atoms with E-state index in [1.807, 2.05) is 0 Å². The number of hydrogen-bond donors (Lipinski definition) is 0. The summed E-state index contributed by atoms with van der Waals surface area (Å²) in [5, 5.41) is 0. The van der Waals surface area contributed by atoms with Crippen LogP contribution in [0.5, 0.6) is 0 Å². The van der Waals surface area contributed by atoms with Crippen LogP contribution in [-0.4, -0.2) is 0 Å². The molecule has 2 aromatic rings. The maximum atomic E-state index is 2.22. The van der Waals surface area contributed by atoms with Gasteiger partial charge in [-0.2, -0.15) is 0 Å². The summed E-state index contributed by atoms with van der Waals surface area (Å²) in [5.41, 5.74) is 0. The molecule has 0 aliphatic heterocycles. The zero-order valence-electron chi connectivity index (χ0n) is 8.03. The van der Waals surface area contributed by atoms with Gasteiger partial charge in [0.2, 0.25) is 0 Å². The van der Waals surface area contributed by atoms with E-state index in [-0.39, 0.29) is 28.6 Å². The molecule has 15 heavy (non-hydrogen) atoms. The molecule has 0 unspecified atom stereocenters. The van der Waals surface area contributed by atoms with Gasteiger partial charge < -0.3 is 9.41 Å². The van der Waals surface area contributed by atoms with E-state index in [0.717, 1.165) is 0 Å². The number of rotatable bonds is 2. The monoisotopic (exact) mass is 240 g/mol. The van der Waals surface area contributed by atoms with Crippen LogP contribution >= 0.6 is 0 Å².